The molecular weight excluding hydrogens is 314 g/mol. The first-order chi connectivity index (χ1) is 12.2. The van der Waals surface area contributed by atoms with Crippen molar-refractivity contribution in [2.75, 3.05) is 10.6 Å². The van der Waals surface area contributed by atoms with Crippen molar-refractivity contribution in [3.8, 4) is 0 Å². The number of aliphatic imine (C=N–C) groups is 1. The third-order valence-electron chi connectivity index (χ3n) is 3.94. The molecule has 2 heterocycles. The number of rotatable bonds is 2. The van der Waals surface area contributed by atoms with Gasteiger partial charge >= 0.3 is 0 Å². The molecule has 0 aliphatic carbocycles. The van der Waals surface area contributed by atoms with E-state index in [0.717, 1.165) is 11.3 Å². The molecule has 1 aromatic heterocycles. The maximum Gasteiger partial charge on any atom is 0.257 e. The van der Waals surface area contributed by atoms with Crippen molar-refractivity contribution in [3.05, 3.63) is 88.3 Å². The Morgan fingerprint density at radius 2 is 1.72 bits per heavy atom. The zero-order chi connectivity index (χ0) is 17.2. The van der Waals surface area contributed by atoms with Crippen molar-refractivity contribution in [1.82, 2.24) is 9.55 Å². The summed E-state index contributed by atoms with van der Waals surface area (Å²) in [4.78, 5) is 21.7. The van der Waals surface area contributed by atoms with E-state index in [-0.39, 0.29) is 5.56 Å². The fourth-order valence-electron chi connectivity index (χ4n) is 2.82. The van der Waals surface area contributed by atoms with Gasteiger partial charge in [0.25, 0.3) is 5.56 Å². The van der Waals surface area contributed by atoms with Crippen LogP contribution in [0.3, 0.4) is 0 Å². The quantitative estimate of drug-likeness (QED) is 0.757. The summed E-state index contributed by atoms with van der Waals surface area (Å²) in [5.74, 6) is 1.03. The fourth-order valence-corrected chi connectivity index (χ4v) is 2.82. The summed E-state index contributed by atoms with van der Waals surface area (Å²) >= 11 is 0. The minimum absolute atomic E-state index is 0.133. The number of anilines is 2. The lowest BCUT2D eigenvalue weighted by Crippen LogP contribution is -2.37. The van der Waals surface area contributed by atoms with E-state index in [4.69, 9.17) is 4.99 Å². The second-order valence-electron chi connectivity index (χ2n) is 5.81. The number of hydrogen-bond acceptors (Lipinski definition) is 5. The van der Waals surface area contributed by atoms with Crippen LogP contribution < -0.4 is 16.2 Å². The van der Waals surface area contributed by atoms with Crippen LogP contribution >= 0.6 is 0 Å². The number of benzene rings is 2. The first-order valence-electron chi connectivity index (χ1n) is 8.03. The molecule has 2 aromatic carbocycles. The summed E-state index contributed by atoms with van der Waals surface area (Å²) in [7, 11) is 0. The Kier molecular flexibility index (Phi) is 3.78. The maximum absolute atomic E-state index is 12.5. The van der Waals surface area contributed by atoms with Crippen LogP contribution in [0.1, 0.15) is 17.4 Å². The van der Waals surface area contributed by atoms with Gasteiger partial charge in [0.1, 0.15) is 0 Å². The summed E-state index contributed by atoms with van der Waals surface area (Å²) in [5, 5.41) is 6.36. The highest BCUT2D eigenvalue weighted by molar-refractivity contribution is 6.03. The molecule has 0 fully saturated rings. The third-order valence-corrected chi connectivity index (χ3v) is 3.94. The van der Waals surface area contributed by atoms with E-state index in [2.05, 4.69) is 15.6 Å². The van der Waals surface area contributed by atoms with Crippen LogP contribution in [0.15, 0.2) is 76.5 Å². The number of aryl methyl sites for hydroxylation is 1. The molecule has 0 bridgehead atoms. The van der Waals surface area contributed by atoms with Crippen LogP contribution in [-0.2, 0) is 0 Å². The van der Waals surface area contributed by atoms with Gasteiger partial charge in [-0.05, 0) is 24.6 Å². The second-order valence-corrected chi connectivity index (χ2v) is 5.81. The van der Waals surface area contributed by atoms with Gasteiger partial charge in [-0.15, -0.1) is 0 Å². The van der Waals surface area contributed by atoms with Crippen LogP contribution in [0, 0.1) is 6.92 Å². The molecule has 0 unspecified atom stereocenters. The van der Waals surface area contributed by atoms with Gasteiger partial charge < -0.3 is 5.32 Å². The number of aromatic nitrogens is 2. The molecule has 1 aliphatic heterocycles. The van der Waals surface area contributed by atoms with E-state index in [9.17, 15) is 4.79 Å². The maximum atomic E-state index is 12.5. The van der Waals surface area contributed by atoms with Gasteiger partial charge in [0, 0.05) is 17.4 Å². The van der Waals surface area contributed by atoms with Gasteiger partial charge in [-0.3, -0.25) is 14.7 Å². The number of nitrogens with zero attached hydrogens (tertiary/aromatic N) is 3. The van der Waals surface area contributed by atoms with E-state index in [1.54, 1.807) is 11.5 Å². The summed E-state index contributed by atoms with van der Waals surface area (Å²) in [6.07, 6.45) is -0.468. The fraction of sp³-hybridized carbons (Fsp3) is 0.105. The summed E-state index contributed by atoms with van der Waals surface area (Å²) < 4.78 is 1.57. The minimum atomic E-state index is -0.468. The molecule has 2 N–H and O–H groups in total. The van der Waals surface area contributed by atoms with Gasteiger partial charge in [0.05, 0.1) is 0 Å². The van der Waals surface area contributed by atoms with Crippen molar-refractivity contribution < 1.29 is 0 Å². The summed E-state index contributed by atoms with van der Waals surface area (Å²) in [6, 6.07) is 21.0. The van der Waals surface area contributed by atoms with Crippen LogP contribution in [0.5, 0.6) is 0 Å². The Bertz CT molecular complexity index is 980. The van der Waals surface area contributed by atoms with Gasteiger partial charge in [0.15, 0.2) is 6.17 Å². The molecule has 3 aromatic rings. The predicted molar refractivity (Wildman–Crippen MR) is 98.9 cm³/mol. The normalized spacial score (nSPS) is 15.7. The monoisotopic (exact) mass is 331 g/mol. The molecule has 1 aliphatic rings. The van der Waals surface area contributed by atoms with Crippen molar-refractivity contribution in [3.63, 3.8) is 0 Å². The molecule has 0 radical (unpaired) electrons. The van der Waals surface area contributed by atoms with E-state index in [1.807, 2.05) is 60.7 Å². The van der Waals surface area contributed by atoms with Crippen molar-refractivity contribution in [2.24, 2.45) is 4.99 Å². The van der Waals surface area contributed by atoms with E-state index in [0.29, 0.717) is 17.6 Å². The highest BCUT2D eigenvalue weighted by Gasteiger charge is 2.24. The largest absolute Gasteiger partial charge is 0.326 e. The molecule has 6 heteroatoms. The third kappa shape index (κ3) is 3.01. The Morgan fingerprint density at radius 3 is 2.44 bits per heavy atom. The molecule has 0 saturated carbocycles. The Hall–Kier alpha value is -3.41. The summed E-state index contributed by atoms with van der Waals surface area (Å²) in [6.45, 7) is 1.80. The zero-order valence-corrected chi connectivity index (χ0v) is 13.7. The van der Waals surface area contributed by atoms with Gasteiger partial charge in [-0.25, -0.2) is 9.98 Å². The number of hydrogen-bond donors (Lipinski definition) is 2. The topological polar surface area (TPSA) is 71.3 Å². The van der Waals surface area contributed by atoms with Crippen molar-refractivity contribution in [2.45, 2.75) is 13.1 Å². The molecule has 6 nitrogen and oxygen atoms in total. The molecule has 0 amide bonds. The lowest BCUT2D eigenvalue weighted by atomic mass is 10.1. The average Bonchev–Trinajstić information content (AvgIpc) is 2.62. The van der Waals surface area contributed by atoms with Crippen LogP contribution in [-0.4, -0.2) is 15.5 Å². The van der Waals surface area contributed by atoms with Crippen LogP contribution in [0.4, 0.5) is 11.6 Å². The standard InChI is InChI=1S/C19H17N5O/c1-13-12-16(25)24-17(14-8-4-2-5-9-14)22-18(23-19(24)20-13)21-15-10-6-3-7-11-15/h2-12,17H,1H3,(H2,20,21,22,23)/t17-/m0/s1. The molecule has 0 spiro atoms. The van der Waals surface area contributed by atoms with Gasteiger partial charge in [-0.2, -0.15) is 0 Å². The zero-order valence-electron chi connectivity index (χ0n) is 13.7. The number of guanidine groups is 1. The van der Waals surface area contributed by atoms with E-state index >= 15 is 0 Å². The second kappa shape index (κ2) is 6.24. The molecular formula is C19H17N5O. The number of fused-ring (bicyclic) bond motifs is 1. The number of para-hydroxylation sites is 1. The smallest absolute Gasteiger partial charge is 0.257 e. The van der Waals surface area contributed by atoms with E-state index in [1.165, 1.54) is 6.07 Å². The van der Waals surface area contributed by atoms with Crippen LogP contribution in [0.25, 0.3) is 0 Å². The first-order valence-corrected chi connectivity index (χ1v) is 8.03. The molecule has 1 atom stereocenters. The molecule has 0 saturated heterocycles. The predicted octanol–water partition coefficient (Wildman–Crippen LogP) is 2.99. The van der Waals surface area contributed by atoms with E-state index < -0.39 is 6.17 Å². The summed E-state index contributed by atoms with van der Waals surface area (Å²) in [5.41, 5.74) is 2.36. The average molecular weight is 331 g/mol. The van der Waals surface area contributed by atoms with Gasteiger partial charge in [-0.1, -0.05) is 48.5 Å². The molecule has 25 heavy (non-hydrogen) atoms. The Morgan fingerprint density at radius 1 is 1.04 bits per heavy atom. The molecule has 124 valence electrons. The Balaban J connectivity index is 1.81. The lowest BCUT2D eigenvalue weighted by molar-refractivity contribution is 0.577. The highest BCUT2D eigenvalue weighted by Crippen LogP contribution is 2.25. The lowest BCUT2D eigenvalue weighted by Gasteiger charge is -2.27. The SMILES string of the molecule is Cc1cc(=O)n2c(n1)NC(Nc1ccccc1)=N[C@@H]2c1ccccc1. The minimum Gasteiger partial charge on any atom is -0.326 e. The first kappa shape index (κ1) is 15.1. The molecule has 4 rings (SSSR count). The van der Waals surface area contributed by atoms with Crippen molar-refractivity contribution in [1.29, 1.82) is 0 Å². The highest BCUT2D eigenvalue weighted by atomic mass is 16.1. The number of nitrogens with one attached hydrogen (secondary N) is 2. The van der Waals surface area contributed by atoms with Gasteiger partial charge in [0.2, 0.25) is 11.9 Å². The van der Waals surface area contributed by atoms with Crippen LogP contribution in [0.2, 0.25) is 0 Å². The Labute approximate surface area is 144 Å². The van der Waals surface area contributed by atoms with Crippen molar-refractivity contribution >= 4 is 17.6 Å².